The molecule has 0 fully saturated rings. The predicted octanol–water partition coefficient (Wildman–Crippen LogP) is 2.67. The third-order valence-electron chi connectivity index (χ3n) is 4.00. The molecule has 3 rings (SSSR count). The topological polar surface area (TPSA) is 107 Å². The Morgan fingerprint density at radius 3 is 2.50 bits per heavy atom. The number of H-pyrrole nitrogens is 1. The summed E-state index contributed by atoms with van der Waals surface area (Å²) in [5.41, 5.74) is 3.31. The maximum Gasteiger partial charge on any atom is 0.335 e. The maximum atomic E-state index is 12.6. The van der Waals surface area contributed by atoms with Gasteiger partial charge in [-0.2, -0.15) is 5.10 Å². The van der Waals surface area contributed by atoms with Crippen LogP contribution in [0.3, 0.4) is 0 Å². The van der Waals surface area contributed by atoms with Crippen molar-refractivity contribution in [1.82, 2.24) is 15.5 Å². The largest absolute Gasteiger partial charge is 0.478 e. The molecule has 4 N–H and O–H groups in total. The third-order valence-corrected chi connectivity index (χ3v) is 4.00. The van der Waals surface area contributed by atoms with Gasteiger partial charge in [0.05, 0.1) is 11.8 Å². The van der Waals surface area contributed by atoms with Gasteiger partial charge in [0.2, 0.25) is 5.91 Å². The predicted molar refractivity (Wildman–Crippen MR) is 97.9 cm³/mol. The number of carboxylic acids is 1. The first-order chi connectivity index (χ1) is 12.6. The van der Waals surface area contributed by atoms with E-state index >= 15 is 0 Å². The Balaban J connectivity index is 1.75. The number of benzene rings is 2. The van der Waals surface area contributed by atoms with E-state index in [-0.39, 0.29) is 11.5 Å². The van der Waals surface area contributed by atoms with Gasteiger partial charge in [0.1, 0.15) is 6.04 Å². The molecule has 1 aromatic heterocycles. The zero-order valence-electron chi connectivity index (χ0n) is 14.1. The van der Waals surface area contributed by atoms with Crippen molar-refractivity contribution in [3.63, 3.8) is 0 Å². The highest BCUT2D eigenvalue weighted by Gasteiger charge is 2.20. The quantitative estimate of drug-likeness (QED) is 0.547. The van der Waals surface area contributed by atoms with E-state index in [0.717, 1.165) is 11.1 Å². The summed E-state index contributed by atoms with van der Waals surface area (Å²) in [5, 5.41) is 21.5. The summed E-state index contributed by atoms with van der Waals surface area (Å²) in [5.74, 6) is -1.30. The van der Waals surface area contributed by atoms with E-state index in [2.05, 4.69) is 20.8 Å². The first-order valence-corrected chi connectivity index (χ1v) is 7.99. The number of hydrogen-bond acceptors (Lipinski definition) is 4. The molecule has 1 unspecified atom stereocenters. The van der Waals surface area contributed by atoms with Crippen LogP contribution in [0.15, 0.2) is 60.9 Å². The van der Waals surface area contributed by atoms with Crippen molar-refractivity contribution in [2.24, 2.45) is 0 Å². The average molecular weight is 350 g/mol. The number of hydrogen-bond donors (Lipinski definition) is 4. The monoisotopic (exact) mass is 350 g/mol. The van der Waals surface area contributed by atoms with Crippen LogP contribution < -0.4 is 10.6 Å². The van der Waals surface area contributed by atoms with Gasteiger partial charge in [-0.25, -0.2) is 4.79 Å². The first-order valence-electron chi connectivity index (χ1n) is 7.99. The fourth-order valence-corrected chi connectivity index (χ4v) is 2.67. The zero-order chi connectivity index (χ0) is 18.5. The molecule has 0 aliphatic carbocycles. The summed E-state index contributed by atoms with van der Waals surface area (Å²) in [4.78, 5) is 23.7. The molecule has 0 saturated heterocycles. The molecule has 0 bridgehead atoms. The van der Waals surface area contributed by atoms with Crippen LogP contribution in [0.25, 0.3) is 11.1 Å². The van der Waals surface area contributed by atoms with E-state index in [4.69, 9.17) is 5.11 Å². The number of nitrogens with one attached hydrogen (secondary N) is 3. The lowest BCUT2D eigenvalue weighted by atomic mass is 10.0. The molecule has 2 aromatic carbocycles. The van der Waals surface area contributed by atoms with Crippen LogP contribution in [0.2, 0.25) is 0 Å². The van der Waals surface area contributed by atoms with E-state index in [1.165, 1.54) is 12.1 Å². The van der Waals surface area contributed by atoms with Crippen LogP contribution in [0.5, 0.6) is 0 Å². The summed E-state index contributed by atoms with van der Waals surface area (Å²) in [6.07, 6.45) is 3.51. The SMILES string of the molecule is CNC(C(=O)Nc1ccc(-c2cn[nH]c2)cc1)c1cccc(C(=O)O)c1. The van der Waals surface area contributed by atoms with Gasteiger partial charge in [-0.3, -0.25) is 9.89 Å². The van der Waals surface area contributed by atoms with Crippen molar-refractivity contribution in [3.05, 3.63) is 72.1 Å². The lowest BCUT2D eigenvalue weighted by molar-refractivity contribution is -0.118. The molecular formula is C19H18N4O3. The number of carbonyl (C=O) groups is 2. The van der Waals surface area contributed by atoms with Gasteiger partial charge in [0.15, 0.2) is 0 Å². The van der Waals surface area contributed by atoms with Gasteiger partial charge < -0.3 is 15.7 Å². The van der Waals surface area contributed by atoms with Crippen LogP contribution in [0.4, 0.5) is 5.69 Å². The minimum Gasteiger partial charge on any atom is -0.478 e. The fraction of sp³-hybridized carbons (Fsp3) is 0.105. The minimum atomic E-state index is -1.03. The Hall–Kier alpha value is -3.45. The van der Waals surface area contributed by atoms with Crippen molar-refractivity contribution in [2.45, 2.75) is 6.04 Å². The van der Waals surface area contributed by atoms with Crippen molar-refractivity contribution >= 4 is 17.6 Å². The van der Waals surface area contributed by atoms with Crippen molar-refractivity contribution in [1.29, 1.82) is 0 Å². The number of nitrogens with zero attached hydrogens (tertiary/aromatic N) is 1. The molecule has 7 nitrogen and oxygen atoms in total. The molecule has 0 saturated carbocycles. The highest BCUT2D eigenvalue weighted by atomic mass is 16.4. The second kappa shape index (κ2) is 7.62. The van der Waals surface area contributed by atoms with Crippen LogP contribution >= 0.6 is 0 Å². The highest BCUT2D eigenvalue weighted by Crippen LogP contribution is 2.21. The average Bonchev–Trinajstić information content (AvgIpc) is 3.18. The lowest BCUT2D eigenvalue weighted by Crippen LogP contribution is -2.30. The second-order valence-electron chi connectivity index (χ2n) is 5.71. The van der Waals surface area contributed by atoms with Gasteiger partial charge in [-0.15, -0.1) is 0 Å². The molecule has 132 valence electrons. The van der Waals surface area contributed by atoms with Crippen LogP contribution in [-0.4, -0.2) is 34.2 Å². The Labute approximate surface area is 150 Å². The molecule has 1 atom stereocenters. The van der Waals surface area contributed by atoms with E-state index in [0.29, 0.717) is 11.3 Å². The molecule has 0 aliphatic rings. The summed E-state index contributed by atoms with van der Waals surface area (Å²) in [7, 11) is 1.65. The van der Waals surface area contributed by atoms with Crippen LogP contribution in [-0.2, 0) is 4.79 Å². The van der Waals surface area contributed by atoms with Gasteiger partial charge >= 0.3 is 5.97 Å². The van der Waals surface area contributed by atoms with E-state index in [1.807, 2.05) is 12.1 Å². The first kappa shape index (κ1) is 17.4. The number of rotatable bonds is 6. The number of amides is 1. The molecule has 1 amide bonds. The molecule has 0 radical (unpaired) electrons. The third kappa shape index (κ3) is 3.79. The van der Waals surface area contributed by atoms with Crippen LogP contribution in [0.1, 0.15) is 22.0 Å². The van der Waals surface area contributed by atoms with Crippen LogP contribution in [0, 0.1) is 0 Å². The normalized spacial score (nSPS) is 11.7. The number of carbonyl (C=O) groups excluding carboxylic acids is 1. The minimum absolute atomic E-state index is 0.139. The molecule has 26 heavy (non-hydrogen) atoms. The molecule has 0 aliphatic heterocycles. The van der Waals surface area contributed by atoms with Gasteiger partial charge in [0, 0.05) is 17.4 Å². The van der Waals surface area contributed by atoms with E-state index in [9.17, 15) is 9.59 Å². The molecule has 0 spiro atoms. The van der Waals surface area contributed by atoms with E-state index < -0.39 is 12.0 Å². The van der Waals surface area contributed by atoms with Crippen molar-refractivity contribution in [3.8, 4) is 11.1 Å². The maximum absolute atomic E-state index is 12.6. The fourth-order valence-electron chi connectivity index (χ4n) is 2.67. The van der Waals surface area contributed by atoms with Crippen molar-refractivity contribution < 1.29 is 14.7 Å². The number of aromatic carboxylic acids is 1. The van der Waals surface area contributed by atoms with Gasteiger partial charge in [-0.05, 0) is 42.4 Å². The Morgan fingerprint density at radius 1 is 1.12 bits per heavy atom. The molecule has 1 heterocycles. The number of aromatic nitrogens is 2. The van der Waals surface area contributed by atoms with Gasteiger partial charge in [0.25, 0.3) is 0 Å². The zero-order valence-corrected chi connectivity index (χ0v) is 14.1. The number of likely N-dealkylation sites (N-methyl/N-ethyl adjacent to an activating group) is 1. The standard InChI is InChI=1S/C19H18N4O3/c1-20-17(13-3-2-4-14(9-13)19(25)26)18(24)23-16-7-5-12(6-8-16)15-10-21-22-11-15/h2-11,17,20H,1H3,(H,21,22)(H,23,24)(H,25,26). The lowest BCUT2D eigenvalue weighted by Gasteiger charge is -2.17. The summed E-state index contributed by atoms with van der Waals surface area (Å²) in [6.45, 7) is 0. The number of carboxylic acid groups (broad SMARTS) is 1. The summed E-state index contributed by atoms with van der Waals surface area (Å²) < 4.78 is 0. The number of aromatic amines is 1. The molecular weight excluding hydrogens is 332 g/mol. The second-order valence-corrected chi connectivity index (χ2v) is 5.71. The molecule has 3 aromatic rings. The molecule has 7 heteroatoms. The highest BCUT2D eigenvalue weighted by molar-refractivity contribution is 5.96. The van der Waals surface area contributed by atoms with Crippen molar-refractivity contribution in [2.75, 3.05) is 12.4 Å². The Bertz CT molecular complexity index is 905. The summed E-state index contributed by atoms with van der Waals surface area (Å²) >= 11 is 0. The van der Waals surface area contributed by atoms with E-state index in [1.54, 1.807) is 43.7 Å². The Morgan fingerprint density at radius 2 is 1.88 bits per heavy atom. The van der Waals surface area contributed by atoms with Gasteiger partial charge in [-0.1, -0.05) is 24.3 Å². The number of anilines is 1. The Kier molecular flexibility index (Phi) is 5.09. The smallest absolute Gasteiger partial charge is 0.335 e. The summed E-state index contributed by atoms with van der Waals surface area (Å²) in [6, 6.07) is 13.0.